The Balaban J connectivity index is 1.31. The Hall–Kier alpha value is -1.11. The molecular formula is C25H35F. The number of fused-ring (bicyclic) bond motifs is 1. The van der Waals surface area contributed by atoms with E-state index in [9.17, 15) is 4.39 Å². The largest absolute Gasteiger partial charge is 0.207 e. The fraction of sp³-hybridized carbons (Fsp3) is 0.680. The van der Waals surface area contributed by atoms with E-state index in [0.29, 0.717) is 5.92 Å². The van der Waals surface area contributed by atoms with Crippen LogP contribution in [0.25, 0.3) is 0 Å². The summed E-state index contributed by atoms with van der Waals surface area (Å²) in [5.74, 6) is 5.22. The van der Waals surface area contributed by atoms with Crippen LogP contribution < -0.4 is 0 Å². The van der Waals surface area contributed by atoms with Crippen molar-refractivity contribution in [2.24, 2.45) is 29.6 Å². The molecule has 1 aromatic rings. The molecule has 0 aliphatic heterocycles. The van der Waals surface area contributed by atoms with Gasteiger partial charge in [-0.25, -0.2) is 4.39 Å². The molecule has 0 bridgehead atoms. The normalized spacial score (nSPS) is 37.8. The van der Waals surface area contributed by atoms with E-state index in [1.54, 1.807) is 6.07 Å². The molecule has 0 N–H and O–H groups in total. The van der Waals surface area contributed by atoms with Crippen LogP contribution in [0.3, 0.4) is 0 Å². The summed E-state index contributed by atoms with van der Waals surface area (Å²) in [6.45, 7) is 5.89. The van der Waals surface area contributed by atoms with Gasteiger partial charge >= 0.3 is 0 Å². The van der Waals surface area contributed by atoms with Crippen LogP contribution in [0.5, 0.6) is 0 Å². The molecule has 4 atom stereocenters. The number of aryl methyl sites for hydroxylation is 1. The number of allylic oxidation sites excluding steroid dienone is 1. The first-order chi connectivity index (χ1) is 12.6. The van der Waals surface area contributed by atoms with E-state index in [1.807, 2.05) is 13.0 Å². The van der Waals surface area contributed by atoms with E-state index in [0.717, 1.165) is 35.2 Å². The molecular weight excluding hydrogens is 319 g/mol. The molecule has 4 unspecified atom stereocenters. The second kappa shape index (κ2) is 7.87. The average Bonchev–Trinajstić information content (AvgIpc) is 2.69. The molecule has 3 fully saturated rings. The van der Waals surface area contributed by atoms with E-state index in [-0.39, 0.29) is 5.82 Å². The molecule has 142 valence electrons. The SMILES string of the molecule is C=CC1CCC2CC(C3CCC(c4ccc(C)c(F)c4)CC3)CCC2C1. The van der Waals surface area contributed by atoms with Gasteiger partial charge in [-0.15, -0.1) is 6.58 Å². The van der Waals surface area contributed by atoms with Gasteiger partial charge < -0.3 is 0 Å². The number of benzene rings is 1. The van der Waals surface area contributed by atoms with E-state index in [1.165, 1.54) is 69.8 Å². The molecule has 0 aromatic heterocycles. The molecule has 0 spiro atoms. The van der Waals surface area contributed by atoms with Crippen molar-refractivity contribution in [3.8, 4) is 0 Å². The maximum absolute atomic E-state index is 13.9. The van der Waals surface area contributed by atoms with E-state index in [2.05, 4.69) is 18.7 Å². The Labute approximate surface area is 159 Å². The number of hydrogen-bond acceptors (Lipinski definition) is 0. The summed E-state index contributed by atoms with van der Waals surface area (Å²) in [5, 5.41) is 0. The van der Waals surface area contributed by atoms with Gasteiger partial charge in [-0.2, -0.15) is 0 Å². The summed E-state index contributed by atoms with van der Waals surface area (Å²) < 4.78 is 13.9. The quantitative estimate of drug-likeness (QED) is 0.495. The molecule has 1 heteroatoms. The second-order valence-electron chi connectivity index (χ2n) is 9.52. The third-order valence-electron chi connectivity index (χ3n) is 8.13. The first-order valence-electron chi connectivity index (χ1n) is 11.0. The van der Waals surface area contributed by atoms with Crippen molar-refractivity contribution in [2.45, 2.75) is 77.0 Å². The molecule has 3 aliphatic carbocycles. The monoisotopic (exact) mass is 354 g/mol. The van der Waals surface area contributed by atoms with Gasteiger partial charge in [0.1, 0.15) is 5.82 Å². The van der Waals surface area contributed by atoms with Crippen molar-refractivity contribution in [1.82, 2.24) is 0 Å². The molecule has 0 heterocycles. The molecule has 3 aliphatic rings. The van der Waals surface area contributed by atoms with Crippen molar-refractivity contribution >= 4 is 0 Å². The zero-order valence-electron chi connectivity index (χ0n) is 16.4. The Morgan fingerprint density at radius 3 is 2.15 bits per heavy atom. The fourth-order valence-electron chi connectivity index (χ4n) is 6.39. The summed E-state index contributed by atoms with van der Waals surface area (Å²) >= 11 is 0. The first kappa shape index (κ1) is 18.3. The lowest BCUT2D eigenvalue weighted by atomic mass is 9.61. The highest BCUT2D eigenvalue weighted by Gasteiger charge is 2.38. The van der Waals surface area contributed by atoms with Gasteiger partial charge in [0.2, 0.25) is 0 Å². The highest BCUT2D eigenvalue weighted by Crippen LogP contribution is 2.50. The second-order valence-corrected chi connectivity index (χ2v) is 9.52. The van der Waals surface area contributed by atoms with Crippen molar-refractivity contribution in [2.75, 3.05) is 0 Å². The van der Waals surface area contributed by atoms with Crippen LogP contribution in [-0.4, -0.2) is 0 Å². The topological polar surface area (TPSA) is 0 Å². The molecule has 0 saturated heterocycles. The molecule has 1 aromatic carbocycles. The molecule has 0 amide bonds. The third-order valence-corrected chi connectivity index (χ3v) is 8.13. The zero-order valence-corrected chi connectivity index (χ0v) is 16.4. The van der Waals surface area contributed by atoms with Crippen LogP contribution in [0.2, 0.25) is 0 Å². The van der Waals surface area contributed by atoms with Gasteiger partial charge in [0.15, 0.2) is 0 Å². The highest BCUT2D eigenvalue weighted by molar-refractivity contribution is 5.26. The molecule has 0 radical (unpaired) electrons. The lowest BCUT2D eigenvalue weighted by Gasteiger charge is -2.45. The Bertz CT molecular complexity index is 625. The predicted octanol–water partition coefficient (Wildman–Crippen LogP) is 7.43. The van der Waals surface area contributed by atoms with Gasteiger partial charge in [-0.3, -0.25) is 0 Å². The molecule has 0 nitrogen and oxygen atoms in total. The molecule has 26 heavy (non-hydrogen) atoms. The number of halogens is 1. The number of hydrogen-bond donors (Lipinski definition) is 0. The zero-order chi connectivity index (χ0) is 18.1. The van der Waals surface area contributed by atoms with Crippen molar-refractivity contribution in [3.63, 3.8) is 0 Å². The lowest BCUT2D eigenvalue weighted by Crippen LogP contribution is -2.34. The van der Waals surface area contributed by atoms with Crippen molar-refractivity contribution in [3.05, 3.63) is 47.8 Å². The van der Waals surface area contributed by atoms with Crippen LogP contribution in [0, 0.1) is 42.3 Å². The summed E-state index contributed by atoms with van der Waals surface area (Å²) in [5.41, 5.74) is 2.00. The van der Waals surface area contributed by atoms with Gasteiger partial charge in [0.25, 0.3) is 0 Å². The maximum atomic E-state index is 13.9. The molecule has 3 saturated carbocycles. The number of rotatable bonds is 3. The Kier molecular flexibility index (Phi) is 5.53. The van der Waals surface area contributed by atoms with E-state index < -0.39 is 0 Å². The van der Waals surface area contributed by atoms with Crippen molar-refractivity contribution < 1.29 is 4.39 Å². The average molecular weight is 355 g/mol. The fourth-order valence-corrected chi connectivity index (χ4v) is 6.39. The van der Waals surface area contributed by atoms with Crippen LogP contribution in [0.1, 0.15) is 81.3 Å². The third kappa shape index (κ3) is 3.78. The van der Waals surface area contributed by atoms with Crippen LogP contribution in [0.4, 0.5) is 4.39 Å². The first-order valence-corrected chi connectivity index (χ1v) is 11.0. The highest BCUT2D eigenvalue weighted by atomic mass is 19.1. The minimum absolute atomic E-state index is 0.0296. The van der Waals surface area contributed by atoms with Gasteiger partial charge in [0.05, 0.1) is 0 Å². The maximum Gasteiger partial charge on any atom is 0.126 e. The summed E-state index contributed by atoms with van der Waals surface area (Å²) in [7, 11) is 0. The van der Waals surface area contributed by atoms with Gasteiger partial charge in [-0.1, -0.05) is 18.2 Å². The van der Waals surface area contributed by atoms with E-state index >= 15 is 0 Å². The minimum atomic E-state index is -0.0296. The van der Waals surface area contributed by atoms with Crippen LogP contribution >= 0.6 is 0 Å². The van der Waals surface area contributed by atoms with Crippen LogP contribution in [0.15, 0.2) is 30.9 Å². The standard InChI is InChI=1S/C25H35F/c1-3-18-5-7-23-15-22(13-12-21(23)14-18)19-8-10-20(11-9-19)24-6-4-17(2)25(26)16-24/h3-4,6,16,18-23H,1,5,7-15H2,2H3. The molecule has 4 rings (SSSR count). The van der Waals surface area contributed by atoms with Gasteiger partial charge in [0, 0.05) is 0 Å². The summed E-state index contributed by atoms with van der Waals surface area (Å²) in [4.78, 5) is 0. The van der Waals surface area contributed by atoms with Crippen LogP contribution in [-0.2, 0) is 0 Å². The van der Waals surface area contributed by atoms with Crippen molar-refractivity contribution in [1.29, 1.82) is 0 Å². The predicted molar refractivity (Wildman–Crippen MR) is 108 cm³/mol. The summed E-state index contributed by atoms with van der Waals surface area (Å²) in [6, 6.07) is 5.91. The smallest absolute Gasteiger partial charge is 0.126 e. The summed E-state index contributed by atoms with van der Waals surface area (Å²) in [6.07, 6.45) is 16.1. The Morgan fingerprint density at radius 1 is 0.846 bits per heavy atom. The van der Waals surface area contributed by atoms with E-state index in [4.69, 9.17) is 0 Å². The Morgan fingerprint density at radius 2 is 1.46 bits per heavy atom. The van der Waals surface area contributed by atoms with Gasteiger partial charge in [-0.05, 0) is 124 Å². The minimum Gasteiger partial charge on any atom is -0.207 e. The lowest BCUT2D eigenvalue weighted by molar-refractivity contribution is 0.0719.